The smallest absolute Gasteiger partial charge is 0.388 e. The molecule has 1 aromatic heterocycles. The van der Waals surface area contributed by atoms with Crippen LogP contribution in [0.2, 0.25) is 0 Å². The molecule has 1 atom stereocenters. The summed E-state index contributed by atoms with van der Waals surface area (Å²) in [6.07, 6.45) is 0. The maximum atomic E-state index is 12.9. The normalized spacial score (nSPS) is 12.1. The molecule has 1 aromatic carbocycles. The van der Waals surface area contributed by atoms with Gasteiger partial charge in [-0.15, -0.1) is 5.10 Å². The minimum atomic E-state index is -0.756. The summed E-state index contributed by atoms with van der Waals surface area (Å²) in [7, 11) is 1.53. The van der Waals surface area contributed by atoms with Crippen LogP contribution in [0.5, 0.6) is 0 Å². The van der Waals surface area contributed by atoms with Crippen molar-refractivity contribution in [3.8, 4) is 11.5 Å². The number of hydrogen-bond acceptors (Lipinski definition) is 5. The lowest BCUT2D eigenvalue weighted by atomic mass is 10.2. The van der Waals surface area contributed by atoms with Crippen molar-refractivity contribution >= 4 is 5.91 Å². The van der Waals surface area contributed by atoms with Crippen molar-refractivity contribution in [2.24, 2.45) is 0 Å². The van der Waals surface area contributed by atoms with Gasteiger partial charge in [-0.1, -0.05) is 0 Å². The second-order valence-corrected chi connectivity index (χ2v) is 4.76. The average Bonchev–Trinajstić information content (AvgIpc) is 2.81. The number of hydrogen-bond donors (Lipinski definition) is 1. The van der Waals surface area contributed by atoms with E-state index in [0.717, 1.165) is 4.68 Å². The van der Waals surface area contributed by atoms with Crippen LogP contribution in [0.4, 0.5) is 4.39 Å². The number of nitrogens with zero attached hydrogens (tertiary/aromatic N) is 2. The lowest BCUT2D eigenvalue weighted by Crippen LogP contribution is -2.39. The number of halogens is 1. The SMILES string of the molecule is COCC(C)NC(=O)Cn1nc(-c2ccc(F)cc2)oc1=O. The van der Waals surface area contributed by atoms with Gasteiger partial charge in [0.2, 0.25) is 11.8 Å². The highest BCUT2D eigenvalue weighted by atomic mass is 19.1. The molecule has 0 aliphatic heterocycles. The minimum Gasteiger partial charge on any atom is -0.388 e. The zero-order chi connectivity index (χ0) is 16.1. The molecular weight excluding hydrogens is 293 g/mol. The van der Waals surface area contributed by atoms with Crippen molar-refractivity contribution in [3.05, 3.63) is 40.6 Å². The van der Waals surface area contributed by atoms with Crippen molar-refractivity contribution in [1.82, 2.24) is 15.1 Å². The number of aromatic nitrogens is 2. The summed E-state index contributed by atoms with van der Waals surface area (Å²) in [4.78, 5) is 23.5. The zero-order valence-electron chi connectivity index (χ0n) is 12.2. The van der Waals surface area contributed by atoms with Gasteiger partial charge in [-0.2, -0.15) is 4.68 Å². The second-order valence-electron chi connectivity index (χ2n) is 4.76. The van der Waals surface area contributed by atoms with E-state index in [1.165, 1.54) is 31.4 Å². The summed E-state index contributed by atoms with van der Waals surface area (Å²) in [5, 5.41) is 6.58. The van der Waals surface area contributed by atoms with E-state index in [-0.39, 0.29) is 24.4 Å². The number of benzene rings is 1. The van der Waals surface area contributed by atoms with Gasteiger partial charge in [0.1, 0.15) is 12.4 Å². The maximum Gasteiger partial charge on any atom is 0.437 e. The average molecular weight is 309 g/mol. The molecule has 0 saturated carbocycles. The summed E-state index contributed by atoms with van der Waals surface area (Å²) >= 11 is 0. The predicted octanol–water partition coefficient (Wildman–Crippen LogP) is 0.793. The van der Waals surface area contributed by atoms with Crippen LogP contribution >= 0.6 is 0 Å². The largest absolute Gasteiger partial charge is 0.437 e. The Hall–Kier alpha value is -2.48. The Bertz CT molecular complexity index is 693. The number of carbonyl (C=O) groups excluding carboxylic acids is 1. The lowest BCUT2D eigenvalue weighted by molar-refractivity contribution is -0.122. The molecule has 0 saturated heterocycles. The van der Waals surface area contributed by atoms with E-state index < -0.39 is 11.6 Å². The van der Waals surface area contributed by atoms with Crippen molar-refractivity contribution < 1.29 is 18.3 Å². The standard InChI is InChI=1S/C14H16FN3O4/c1-9(8-21-2)16-12(19)7-18-14(20)22-13(17-18)10-3-5-11(15)6-4-10/h3-6,9H,7-8H2,1-2H3,(H,16,19). The minimum absolute atomic E-state index is 0.0303. The topological polar surface area (TPSA) is 86.4 Å². The Morgan fingerprint density at radius 3 is 2.77 bits per heavy atom. The van der Waals surface area contributed by atoms with Gasteiger partial charge in [-0.05, 0) is 31.2 Å². The molecule has 0 aliphatic carbocycles. The summed E-state index contributed by atoms with van der Waals surface area (Å²) in [5.41, 5.74) is 0.449. The van der Waals surface area contributed by atoms with Crippen LogP contribution < -0.4 is 11.1 Å². The van der Waals surface area contributed by atoms with Crippen LogP contribution in [0.1, 0.15) is 6.92 Å². The Morgan fingerprint density at radius 1 is 1.45 bits per heavy atom. The van der Waals surface area contributed by atoms with Gasteiger partial charge in [0, 0.05) is 18.7 Å². The highest BCUT2D eigenvalue weighted by Crippen LogP contribution is 2.15. The summed E-state index contributed by atoms with van der Waals surface area (Å²) < 4.78 is 23.6. The fourth-order valence-electron chi connectivity index (χ4n) is 1.86. The highest BCUT2D eigenvalue weighted by Gasteiger charge is 2.14. The number of amides is 1. The van der Waals surface area contributed by atoms with E-state index in [1.807, 2.05) is 0 Å². The number of carbonyl (C=O) groups is 1. The Morgan fingerprint density at radius 2 is 2.14 bits per heavy atom. The van der Waals surface area contributed by atoms with Crippen molar-refractivity contribution in [2.45, 2.75) is 19.5 Å². The molecule has 0 fully saturated rings. The molecule has 1 N–H and O–H groups in total. The van der Waals surface area contributed by atoms with Crippen LogP contribution in [-0.4, -0.2) is 35.4 Å². The lowest BCUT2D eigenvalue weighted by Gasteiger charge is -2.11. The first-order valence-electron chi connectivity index (χ1n) is 6.62. The van der Waals surface area contributed by atoms with Gasteiger partial charge in [-0.25, -0.2) is 9.18 Å². The van der Waals surface area contributed by atoms with Gasteiger partial charge in [-0.3, -0.25) is 4.79 Å². The van der Waals surface area contributed by atoms with E-state index in [9.17, 15) is 14.0 Å². The van der Waals surface area contributed by atoms with Crippen molar-refractivity contribution in [3.63, 3.8) is 0 Å². The quantitative estimate of drug-likeness (QED) is 0.852. The first kappa shape index (κ1) is 15.9. The molecule has 0 bridgehead atoms. The van der Waals surface area contributed by atoms with E-state index in [0.29, 0.717) is 12.2 Å². The monoisotopic (exact) mass is 309 g/mol. The Balaban J connectivity index is 2.08. The van der Waals surface area contributed by atoms with Crippen molar-refractivity contribution in [2.75, 3.05) is 13.7 Å². The molecule has 7 nitrogen and oxygen atoms in total. The van der Waals surface area contributed by atoms with Gasteiger partial charge in [0.25, 0.3) is 0 Å². The van der Waals surface area contributed by atoms with Gasteiger partial charge in [0.05, 0.1) is 6.61 Å². The molecule has 2 rings (SSSR count). The maximum absolute atomic E-state index is 12.9. The number of ether oxygens (including phenoxy) is 1. The molecule has 1 heterocycles. The number of nitrogens with one attached hydrogen (secondary N) is 1. The third kappa shape index (κ3) is 4.01. The first-order chi connectivity index (χ1) is 10.5. The molecule has 118 valence electrons. The van der Waals surface area contributed by atoms with E-state index >= 15 is 0 Å². The molecule has 2 aromatic rings. The van der Waals surface area contributed by atoms with E-state index in [2.05, 4.69) is 10.4 Å². The summed E-state index contributed by atoms with van der Waals surface area (Å²) in [5.74, 6) is -1.51. The molecule has 0 spiro atoms. The Kier molecular flexibility index (Phi) is 5.05. The van der Waals surface area contributed by atoms with E-state index in [4.69, 9.17) is 9.15 Å². The van der Waals surface area contributed by atoms with Crippen LogP contribution in [0, 0.1) is 5.82 Å². The molecular formula is C14H16FN3O4. The molecule has 0 aliphatic rings. The third-order valence-electron chi connectivity index (χ3n) is 2.81. The molecule has 8 heteroatoms. The molecule has 22 heavy (non-hydrogen) atoms. The molecule has 1 amide bonds. The third-order valence-corrected chi connectivity index (χ3v) is 2.81. The fourth-order valence-corrected chi connectivity index (χ4v) is 1.86. The molecule has 1 unspecified atom stereocenters. The van der Waals surface area contributed by atoms with Crippen molar-refractivity contribution in [1.29, 1.82) is 0 Å². The number of rotatable bonds is 6. The Labute approximate surface area is 125 Å². The first-order valence-corrected chi connectivity index (χ1v) is 6.62. The van der Waals surface area contributed by atoms with Crippen LogP contribution in [0.25, 0.3) is 11.5 Å². The predicted molar refractivity (Wildman–Crippen MR) is 75.6 cm³/mol. The summed E-state index contributed by atoms with van der Waals surface area (Å²) in [6.45, 7) is 1.87. The highest BCUT2D eigenvalue weighted by molar-refractivity contribution is 5.75. The van der Waals surface area contributed by atoms with Crippen LogP contribution in [0.15, 0.2) is 33.5 Å². The number of methoxy groups -OCH3 is 1. The second kappa shape index (κ2) is 6.99. The fraction of sp³-hybridized carbons (Fsp3) is 0.357. The van der Waals surface area contributed by atoms with Gasteiger partial charge >= 0.3 is 5.76 Å². The van der Waals surface area contributed by atoms with Gasteiger partial charge < -0.3 is 14.5 Å². The molecule has 0 radical (unpaired) electrons. The van der Waals surface area contributed by atoms with Gasteiger partial charge in [0.15, 0.2) is 0 Å². The summed E-state index contributed by atoms with van der Waals surface area (Å²) in [6, 6.07) is 5.15. The van der Waals surface area contributed by atoms with Crippen LogP contribution in [-0.2, 0) is 16.1 Å². The zero-order valence-corrected chi connectivity index (χ0v) is 12.2. The van der Waals surface area contributed by atoms with Crippen LogP contribution in [0.3, 0.4) is 0 Å². The van der Waals surface area contributed by atoms with E-state index in [1.54, 1.807) is 6.92 Å².